The van der Waals surface area contributed by atoms with E-state index in [0.29, 0.717) is 32.5 Å². The quantitative estimate of drug-likeness (QED) is 0.809. The highest BCUT2D eigenvalue weighted by molar-refractivity contribution is 7.90. The second-order valence-electron chi connectivity index (χ2n) is 4.39. The first-order chi connectivity index (χ1) is 8.90. The SMILES string of the molecule is CCOC(=O)N1CCC(NS(=O)(=O)C(C)C#N)CC1. The van der Waals surface area contributed by atoms with Crippen molar-refractivity contribution in [2.75, 3.05) is 19.7 Å². The molecule has 0 aliphatic carbocycles. The fourth-order valence-electron chi connectivity index (χ4n) is 1.80. The van der Waals surface area contributed by atoms with Crippen LogP contribution in [0.15, 0.2) is 0 Å². The molecule has 7 nitrogen and oxygen atoms in total. The summed E-state index contributed by atoms with van der Waals surface area (Å²) in [4.78, 5) is 13.0. The average molecular weight is 289 g/mol. The first kappa shape index (κ1) is 15.7. The summed E-state index contributed by atoms with van der Waals surface area (Å²) in [6.07, 6.45) is 0.682. The number of carbonyl (C=O) groups is 1. The van der Waals surface area contributed by atoms with Crippen molar-refractivity contribution in [1.29, 1.82) is 5.26 Å². The Morgan fingerprint density at radius 1 is 1.53 bits per heavy atom. The molecule has 1 unspecified atom stereocenters. The van der Waals surface area contributed by atoms with Gasteiger partial charge in [0.15, 0.2) is 5.25 Å². The molecule has 108 valence electrons. The Morgan fingerprint density at radius 2 is 2.11 bits per heavy atom. The molecule has 8 heteroatoms. The van der Waals surface area contributed by atoms with Crippen LogP contribution in [0.1, 0.15) is 26.7 Å². The Bertz CT molecular complexity index is 449. The van der Waals surface area contributed by atoms with Crippen molar-refractivity contribution < 1.29 is 17.9 Å². The van der Waals surface area contributed by atoms with Crippen molar-refractivity contribution >= 4 is 16.1 Å². The number of piperidine rings is 1. The lowest BCUT2D eigenvalue weighted by Gasteiger charge is -2.31. The molecule has 0 aromatic rings. The van der Waals surface area contributed by atoms with E-state index in [1.165, 1.54) is 6.92 Å². The molecule has 0 aromatic carbocycles. The minimum Gasteiger partial charge on any atom is -0.450 e. The highest BCUT2D eigenvalue weighted by Gasteiger charge is 2.28. The van der Waals surface area contributed by atoms with Crippen LogP contribution in [0.3, 0.4) is 0 Å². The lowest BCUT2D eigenvalue weighted by Crippen LogP contribution is -2.48. The molecule has 1 saturated heterocycles. The van der Waals surface area contributed by atoms with Crippen molar-refractivity contribution in [2.24, 2.45) is 0 Å². The number of carbonyl (C=O) groups excluding carboxylic acids is 1. The molecular weight excluding hydrogens is 270 g/mol. The molecular formula is C11H19N3O4S. The number of likely N-dealkylation sites (tertiary alicyclic amines) is 1. The third kappa shape index (κ3) is 4.36. The molecule has 19 heavy (non-hydrogen) atoms. The number of hydrogen-bond acceptors (Lipinski definition) is 5. The third-order valence-electron chi connectivity index (χ3n) is 3.00. The molecule has 0 radical (unpaired) electrons. The number of amides is 1. The van der Waals surface area contributed by atoms with E-state index < -0.39 is 15.3 Å². The van der Waals surface area contributed by atoms with E-state index in [0.717, 1.165) is 0 Å². The first-order valence-electron chi connectivity index (χ1n) is 6.23. The minimum atomic E-state index is -3.60. The zero-order valence-corrected chi connectivity index (χ0v) is 11.9. The van der Waals surface area contributed by atoms with Gasteiger partial charge in [-0.3, -0.25) is 0 Å². The number of nitriles is 1. The Hall–Kier alpha value is -1.33. The number of hydrogen-bond donors (Lipinski definition) is 1. The van der Waals surface area contributed by atoms with Crippen LogP contribution in [0.25, 0.3) is 0 Å². The van der Waals surface area contributed by atoms with Gasteiger partial charge in [-0.1, -0.05) is 0 Å². The Balaban J connectivity index is 2.47. The van der Waals surface area contributed by atoms with Gasteiger partial charge < -0.3 is 9.64 Å². The van der Waals surface area contributed by atoms with Crippen molar-refractivity contribution in [3.63, 3.8) is 0 Å². The molecule has 0 saturated carbocycles. The number of rotatable bonds is 4. The van der Waals surface area contributed by atoms with Crippen molar-refractivity contribution in [3.05, 3.63) is 0 Å². The van der Waals surface area contributed by atoms with E-state index in [9.17, 15) is 13.2 Å². The van der Waals surface area contributed by atoms with Crippen LogP contribution in [0.4, 0.5) is 4.79 Å². The standard InChI is InChI=1S/C11H19N3O4S/c1-3-18-11(15)14-6-4-10(5-7-14)13-19(16,17)9(2)8-12/h9-10,13H,3-7H2,1-2H3. The normalized spacial score (nSPS) is 18.7. The Labute approximate surface area is 113 Å². The predicted octanol–water partition coefficient (Wildman–Crippen LogP) is 0.439. The van der Waals surface area contributed by atoms with Gasteiger partial charge in [0, 0.05) is 19.1 Å². The number of ether oxygens (including phenoxy) is 1. The molecule has 1 atom stereocenters. The highest BCUT2D eigenvalue weighted by atomic mass is 32.2. The van der Waals surface area contributed by atoms with Crippen molar-refractivity contribution in [1.82, 2.24) is 9.62 Å². The summed E-state index contributed by atoms with van der Waals surface area (Å²) in [5, 5.41) is 7.56. The molecule has 1 aliphatic rings. The maximum Gasteiger partial charge on any atom is 0.409 e. The molecule has 1 N–H and O–H groups in total. The van der Waals surface area contributed by atoms with Gasteiger partial charge in [0.25, 0.3) is 0 Å². The van der Waals surface area contributed by atoms with E-state index in [-0.39, 0.29) is 12.1 Å². The fourth-order valence-corrected chi connectivity index (χ4v) is 2.84. The van der Waals surface area contributed by atoms with E-state index in [2.05, 4.69) is 4.72 Å². The van der Waals surface area contributed by atoms with Gasteiger partial charge in [-0.15, -0.1) is 0 Å². The van der Waals surface area contributed by atoms with Gasteiger partial charge in [-0.2, -0.15) is 5.26 Å². The van der Waals surface area contributed by atoms with Crippen molar-refractivity contribution in [3.8, 4) is 6.07 Å². The van der Waals surface area contributed by atoms with E-state index >= 15 is 0 Å². The van der Waals surface area contributed by atoms with Gasteiger partial charge in [0.2, 0.25) is 10.0 Å². The number of nitrogens with zero attached hydrogens (tertiary/aromatic N) is 2. The number of nitrogens with one attached hydrogen (secondary N) is 1. The molecule has 1 rings (SSSR count). The van der Waals surface area contributed by atoms with Gasteiger partial charge in [0.05, 0.1) is 12.7 Å². The van der Waals surface area contributed by atoms with Gasteiger partial charge >= 0.3 is 6.09 Å². The predicted molar refractivity (Wildman–Crippen MR) is 68.7 cm³/mol. The van der Waals surface area contributed by atoms with Crippen LogP contribution in [-0.2, 0) is 14.8 Å². The van der Waals surface area contributed by atoms with Gasteiger partial charge in [0.1, 0.15) is 0 Å². The van der Waals surface area contributed by atoms with Crippen molar-refractivity contribution in [2.45, 2.75) is 38.0 Å². The summed E-state index contributed by atoms with van der Waals surface area (Å²) in [5.41, 5.74) is 0. The lowest BCUT2D eigenvalue weighted by molar-refractivity contribution is 0.0966. The zero-order chi connectivity index (χ0) is 14.5. The second-order valence-corrected chi connectivity index (χ2v) is 6.43. The smallest absolute Gasteiger partial charge is 0.409 e. The van der Waals surface area contributed by atoms with Crippen LogP contribution in [0, 0.1) is 11.3 Å². The van der Waals surface area contributed by atoms with E-state index in [1.807, 2.05) is 0 Å². The maximum atomic E-state index is 11.7. The summed E-state index contributed by atoms with van der Waals surface area (Å²) in [7, 11) is -3.60. The molecule has 0 aromatic heterocycles. The number of sulfonamides is 1. The maximum absolute atomic E-state index is 11.7. The van der Waals surface area contributed by atoms with Gasteiger partial charge in [-0.05, 0) is 26.7 Å². The molecule has 0 bridgehead atoms. The summed E-state index contributed by atoms with van der Waals surface area (Å²) in [5.74, 6) is 0. The lowest BCUT2D eigenvalue weighted by atomic mass is 10.1. The second kappa shape index (κ2) is 6.73. The van der Waals surface area contributed by atoms with Crippen LogP contribution < -0.4 is 4.72 Å². The molecule has 1 heterocycles. The topological polar surface area (TPSA) is 99.5 Å². The fraction of sp³-hybridized carbons (Fsp3) is 0.818. The third-order valence-corrected chi connectivity index (χ3v) is 4.70. The zero-order valence-electron chi connectivity index (χ0n) is 11.1. The van der Waals surface area contributed by atoms with Crippen LogP contribution in [0.5, 0.6) is 0 Å². The van der Waals surface area contributed by atoms with Crippen LogP contribution in [0.2, 0.25) is 0 Å². The summed E-state index contributed by atoms with van der Waals surface area (Å²) < 4.78 is 30.8. The monoisotopic (exact) mass is 289 g/mol. The molecule has 0 spiro atoms. The highest BCUT2D eigenvalue weighted by Crippen LogP contribution is 2.13. The summed E-state index contributed by atoms with van der Waals surface area (Å²) in [6, 6.07) is 1.47. The molecule has 1 fully saturated rings. The van der Waals surface area contributed by atoms with Gasteiger partial charge in [-0.25, -0.2) is 17.9 Å². The molecule has 1 amide bonds. The van der Waals surface area contributed by atoms with E-state index in [1.54, 1.807) is 17.9 Å². The summed E-state index contributed by atoms with van der Waals surface area (Å²) >= 11 is 0. The van der Waals surface area contributed by atoms with Crippen LogP contribution >= 0.6 is 0 Å². The molecule has 1 aliphatic heterocycles. The average Bonchev–Trinajstić information content (AvgIpc) is 2.38. The Kier molecular flexibility index (Phi) is 5.57. The summed E-state index contributed by atoms with van der Waals surface area (Å²) in [6.45, 7) is 4.31. The minimum absolute atomic E-state index is 0.230. The Morgan fingerprint density at radius 3 is 2.58 bits per heavy atom. The first-order valence-corrected chi connectivity index (χ1v) is 7.77. The van der Waals surface area contributed by atoms with Crippen LogP contribution in [-0.4, -0.2) is 50.4 Å². The van der Waals surface area contributed by atoms with E-state index in [4.69, 9.17) is 10.00 Å². The largest absolute Gasteiger partial charge is 0.450 e.